The summed E-state index contributed by atoms with van der Waals surface area (Å²) in [6, 6.07) is 14.8. The van der Waals surface area contributed by atoms with Gasteiger partial charge in [0.25, 0.3) is 5.91 Å². The van der Waals surface area contributed by atoms with Gasteiger partial charge in [0, 0.05) is 22.8 Å². The third kappa shape index (κ3) is 3.85. The molecule has 1 heterocycles. The van der Waals surface area contributed by atoms with Crippen LogP contribution in [0.5, 0.6) is 0 Å². The number of nitriles is 1. The zero-order valence-electron chi connectivity index (χ0n) is 14.0. The number of aromatic nitrogens is 1. The van der Waals surface area contributed by atoms with Crippen LogP contribution in [0.2, 0.25) is 0 Å². The molecule has 6 nitrogen and oxygen atoms in total. The number of hydrogen-bond acceptors (Lipinski definition) is 3. The van der Waals surface area contributed by atoms with Crippen molar-refractivity contribution >= 4 is 34.5 Å². The summed E-state index contributed by atoms with van der Waals surface area (Å²) >= 11 is 0. The van der Waals surface area contributed by atoms with Crippen LogP contribution in [0.4, 0.5) is 10.1 Å². The molecule has 0 saturated carbocycles. The molecule has 0 atom stereocenters. The molecule has 27 heavy (non-hydrogen) atoms. The van der Waals surface area contributed by atoms with E-state index in [0.717, 1.165) is 0 Å². The van der Waals surface area contributed by atoms with Crippen LogP contribution in [0.1, 0.15) is 5.56 Å². The molecule has 0 saturated heterocycles. The third-order valence-electron chi connectivity index (χ3n) is 3.88. The van der Waals surface area contributed by atoms with Gasteiger partial charge in [-0.2, -0.15) is 5.26 Å². The average Bonchev–Trinajstić information content (AvgIpc) is 2.98. The highest BCUT2D eigenvalue weighted by Gasteiger charge is 2.16. The molecule has 0 aliphatic rings. The van der Waals surface area contributed by atoms with Crippen molar-refractivity contribution in [2.45, 2.75) is 6.54 Å². The number of rotatable bonds is 5. The maximum absolute atomic E-state index is 14.2. The summed E-state index contributed by atoms with van der Waals surface area (Å²) in [5.74, 6) is -2.33. The van der Waals surface area contributed by atoms with Gasteiger partial charge in [0.1, 0.15) is 24.0 Å². The average molecular weight is 363 g/mol. The van der Waals surface area contributed by atoms with Crippen molar-refractivity contribution in [1.82, 2.24) is 4.57 Å². The van der Waals surface area contributed by atoms with Crippen LogP contribution in [0, 0.1) is 17.1 Å². The minimum Gasteiger partial charge on any atom is -0.480 e. The summed E-state index contributed by atoms with van der Waals surface area (Å²) in [4.78, 5) is 23.4. The first-order valence-electron chi connectivity index (χ1n) is 7.97. The Kier molecular flexibility index (Phi) is 4.99. The standard InChI is InChI=1S/C20H14FN3O3/c21-17-8-4-7-16-14(11-24(19(16)17)12-18(25)26)9-13(10-22)20(27)23-15-5-2-1-3-6-15/h1-9,11H,12H2,(H,23,27)(H,25,26)/b13-9+. The van der Waals surface area contributed by atoms with Gasteiger partial charge in [0.2, 0.25) is 0 Å². The minimum atomic E-state index is -1.13. The number of amides is 1. The summed E-state index contributed by atoms with van der Waals surface area (Å²) in [5.41, 5.74) is 0.831. The molecule has 3 aromatic rings. The first-order chi connectivity index (χ1) is 13.0. The lowest BCUT2D eigenvalue weighted by molar-refractivity contribution is -0.137. The molecule has 2 N–H and O–H groups in total. The van der Waals surface area contributed by atoms with Crippen molar-refractivity contribution in [2.75, 3.05) is 5.32 Å². The van der Waals surface area contributed by atoms with Gasteiger partial charge in [-0.15, -0.1) is 0 Å². The van der Waals surface area contributed by atoms with E-state index in [-0.39, 0.29) is 11.1 Å². The number of halogens is 1. The molecular weight excluding hydrogens is 349 g/mol. The normalized spacial score (nSPS) is 11.2. The quantitative estimate of drug-likeness (QED) is 0.536. The number of carbonyl (C=O) groups is 2. The number of carbonyl (C=O) groups excluding carboxylic acids is 1. The first-order valence-corrected chi connectivity index (χ1v) is 7.97. The Morgan fingerprint density at radius 1 is 1.19 bits per heavy atom. The van der Waals surface area contributed by atoms with Crippen molar-refractivity contribution < 1.29 is 19.1 Å². The number of nitrogens with zero attached hydrogens (tertiary/aromatic N) is 2. The van der Waals surface area contributed by atoms with E-state index in [1.165, 1.54) is 29.0 Å². The molecule has 0 fully saturated rings. The van der Waals surface area contributed by atoms with Crippen LogP contribution in [-0.4, -0.2) is 21.6 Å². The predicted molar refractivity (Wildman–Crippen MR) is 98.2 cm³/mol. The van der Waals surface area contributed by atoms with Gasteiger partial charge in [0.05, 0.1) is 5.52 Å². The molecule has 1 amide bonds. The summed E-state index contributed by atoms with van der Waals surface area (Å²) in [5, 5.41) is 21.4. The lowest BCUT2D eigenvalue weighted by atomic mass is 10.1. The molecule has 134 valence electrons. The molecule has 0 aliphatic heterocycles. The van der Waals surface area contributed by atoms with Crippen molar-refractivity contribution in [3.05, 3.63) is 71.7 Å². The van der Waals surface area contributed by atoms with Crippen LogP contribution in [0.15, 0.2) is 60.3 Å². The summed E-state index contributed by atoms with van der Waals surface area (Å²) in [6.45, 7) is -0.441. The Morgan fingerprint density at radius 3 is 2.59 bits per heavy atom. The molecule has 0 unspecified atom stereocenters. The molecular formula is C20H14FN3O3. The Hall–Kier alpha value is -3.92. The highest BCUT2D eigenvalue weighted by Crippen LogP contribution is 2.26. The van der Waals surface area contributed by atoms with Gasteiger partial charge in [0.15, 0.2) is 0 Å². The van der Waals surface area contributed by atoms with Crippen LogP contribution < -0.4 is 5.32 Å². The third-order valence-corrected chi connectivity index (χ3v) is 3.88. The fraction of sp³-hybridized carbons (Fsp3) is 0.0500. The largest absolute Gasteiger partial charge is 0.480 e. The zero-order valence-corrected chi connectivity index (χ0v) is 14.0. The van der Waals surface area contributed by atoms with Gasteiger partial charge in [-0.25, -0.2) is 4.39 Å². The number of fused-ring (bicyclic) bond motifs is 1. The minimum absolute atomic E-state index is 0.104. The monoisotopic (exact) mass is 363 g/mol. The number of carboxylic acids is 1. The molecule has 7 heteroatoms. The number of para-hydroxylation sites is 2. The highest BCUT2D eigenvalue weighted by atomic mass is 19.1. The summed E-state index contributed by atoms with van der Waals surface area (Å²) in [7, 11) is 0. The van der Waals surface area contributed by atoms with Gasteiger partial charge in [-0.05, 0) is 24.3 Å². The van der Waals surface area contributed by atoms with Crippen molar-refractivity contribution in [1.29, 1.82) is 5.26 Å². The second-order valence-electron chi connectivity index (χ2n) is 5.73. The molecule has 0 spiro atoms. The van der Waals surface area contributed by atoms with Crippen molar-refractivity contribution in [2.24, 2.45) is 0 Å². The number of hydrogen-bond donors (Lipinski definition) is 2. The summed E-state index contributed by atoms with van der Waals surface area (Å²) in [6.07, 6.45) is 2.73. The smallest absolute Gasteiger partial charge is 0.323 e. The van der Waals surface area contributed by atoms with Gasteiger partial charge >= 0.3 is 5.97 Å². The molecule has 0 aliphatic carbocycles. The van der Waals surface area contributed by atoms with Crippen LogP contribution in [0.25, 0.3) is 17.0 Å². The SMILES string of the molecule is N#C/C(=C\c1cn(CC(=O)O)c2c(F)cccc12)C(=O)Nc1ccccc1. The van der Waals surface area contributed by atoms with Crippen LogP contribution in [-0.2, 0) is 16.1 Å². The van der Waals surface area contributed by atoms with E-state index in [2.05, 4.69) is 5.32 Å². The van der Waals surface area contributed by atoms with E-state index >= 15 is 0 Å². The Labute approximate surface area is 153 Å². The maximum Gasteiger partial charge on any atom is 0.323 e. The van der Waals surface area contributed by atoms with E-state index in [1.807, 2.05) is 6.07 Å². The van der Waals surface area contributed by atoms with Crippen LogP contribution in [0.3, 0.4) is 0 Å². The number of benzene rings is 2. The predicted octanol–water partition coefficient (Wildman–Crippen LogP) is 3.41. The van der Waals surface area contributed by atoms with E-state index in [1.54, 1.807) is 36.4 Å². The lowest BCUT2D eigenvalue weighted by Gasteiger charge is -2.03. The fourth-order valence-corrected chi connectivity index (χ4v) is 2.75. The van der Waals surface area contributed by atoms with E-state index in [9.17, 15) is 19.2 Å². The van der Waals surface area contributed by atoms with Gasteiger partial charge in [-0.3, -0.25) is 9.59 Å². The molecule has 1 aromatic heterocycles. The van der Waals surface area contributed by atoms with Gasteiger partial charge in [-0.1, -0.05) is 30.3 Å². The zero-order chi connectivity index (χ0) is 19.4. The molecule has 0 radical (unpaired) electrons. The topological polar surface area (TPSA) is 95.1 Å². The van der Waals surface area contributed by atoms with Crippen LogP contribution >= 0.6 is 0 Å². The van der Waals surface area contributed by atoms with Crippen molar-refractivity contribution in [3.63, 3.8) is 0 Å². The van der Waals surface area contributed by atoms with Crippen molar-refractivity contribution in [3.8, 4) is 6.07 Å². The van der Waals surface area contributed by atoms with E-state index in [0.29, 0.717) is 16.6 Å². The van der Waals surface area contributed by atoms with E-state index in [4.69, 9.17) is 5.11 Å². The Morgan fingerprint density at radius 2 is 1.93 bits per heavy atom. The molecule has 0 bridgehead atoms. The first kappa shape index (κ1) is 17.9. The number of carboxylic acid groups (broad SMARTS) is 1. The maximum atomic E-state index is 14.2. The van der Waals surface area contributed by atoms with Gasteiger partial charge < -0.3 is 15.0 Å². The second kappa shape index (κ2) is 7.54. The Balaban J connectivity index is 2.03. The number of aliphatic carboxylic acids is 1. The number of anilines is 1. The summed E-state index contributed by atoms with van der Waals surface area (Å²) < 4.78 is 15.4. The second-order valence-corrected chi connectivity index (χ2v) is 5.73. The fourth-order valence-electron chi connectivity index (χ4n) is 2.75. The Bertz CT molecular complexity index is 1090. The van der Waals surface area contributed by atoms with E-state index < -0.39 is 24.2 Å². The molecule has 2 aromatic carbocycles. The molecule has 3 rings (SSSR count). The lowest BCUT2D eigenvalue weighted by Crippen LogP contribution is -2.13. The number of nitrogens with one attached hydrogen (secondary N) is 1. The highest BCUT2D eigenvalue weighted by molar-refractivity contribution is 6.10.